The predicted molar refractivity (Wildman–Crippen MR) is 119 cm³/mol. The van der Waals surface area contributed by atoms with E-state index in [1.54, 1.807) is 0 Å². The van der Waals surface area contributed by atoms with Crippen LogP contribution in [0.3, 0.4) is 0 Å². The van der Waals surface area contributed by atoms with Crippen LogP contribution in [0.25, 0.3) is 11.0 Å². The van der Waals surface area contributed by atoms with E-state index in [-0.39, 0.29) is 29.4 Å². The molecule has 1 aromatic carbocycles. The lowest BCUT2D eigenvalue weighted by molar-refractivity contribution is -0.170. The fourth-order valence-electron chi connectivity index (χ4n) is 4.18. The number of aryl methyl sites for hydroxylation is 1. The summed E-state index contributed by atoms with van der Waals surface area (Å²) in [5.41, 5.74) is -0.713. The van der Waals surface area contributed by atoms with Gasteiger partial charge >= 0.3 is 12.8 Å². The lowest BCUT2D eigenvalue weighted by Crippen LogP contribution is -2.42. The highest BCUT2D eigenvalue weighted by molar-refractivity contribution is 5.87. The van der Waals surface area contributed by atoms with Crippen LogP contribution in [0.5, 0.6) is 0 Å². The number of alkyl halides is 5. The maximum atomic E-state index is 13.0. The number of ether oxygens (including phenoxy) is 1. The summed E-state index contributed by atoms with van der Waals surface area (Å²) in [5, 5.41) is 9.86. The van der Waals surface area contributed by atoms with Crippen LogP contribution in [0, 0.1) is 0 Å². The summed E-state index contributed by atoms with van der Waals surface area (Å²) in [4.78, 5) is 29.7. The average Bonchev–Trinajstić information content (AvgIpc) is 3.12. The van der Waals surface area contributed by atoms with Gasteiger partial charge < -0.3 is 15.4 Å². The lowest BCUT2D eigenvalue weighted by atomic mass is 9.93. The van der Waals surface area contributed by atoms with Gasteiger partial charge in [0.25, 0.3) is 5.56 Å². The summed E-state index contributed by atoms with van der Waals surface area (Å²) in [6, 6.07) is 4.11. The van der Waals surface area contributed by atoms with E-state index in [0.29, 0.717) is 31.4 Å². The molecule has 3 aromatic rings. The van der Waals surface area contributed by atoms with Crippen molar-refractivity contribution >= 4 is 28.4 Å². The summed E-state index contributed by atoms with van der Waals surface area (Å²) in [6.45, 7) is -3.13. The summed E-state index contributed by atoms with van der Waals surface area (Å²) >= 11 is 0. The molecule has 0 aliphatic heterocycles. The predicted octanol–water partition coefficient (Wildman–Crippen LogP) is 3.56. The Morgan fingerprint density at radius 1 is 1.17 bits per heavy atom. The third-order valence-electron chi connectivity index (χ3n) is 5.94. The first-order chi connectivity index (χ1) is 17.0. The molecule has 9 nitrogen and oxygen atoms in total. The number of fused-ring (bicyclic) bond motifs is 1. The number of hydrogen-bond donors (Lipinski definition) is 2. The van der Waals surface area contributed by atoms with E-state index < -0.39 is 35.9 Å². The molecule has 1 saturated carbocycles. The van der Waals surface area contributed by atoms with Gasteiger partial charge in [-0.15, -0.1) is 0 Å². The molecule has 1 aliphatic carbocycles. The van der Waals surface area contributed by atoms with Crippen molar-refractivity contribution in [1.29, 1.82) is 0 Å². The molecule has 2 heterocycles. The Kier molecular flexibility index (Phi) is 7.24. The molecule has 2 N–H and O–H groups in total. The Labute approximate surface area is 201 Å². The van der Waals surface area contributed by atoms with Gasteiger partial charge in [-0.05, 0) is 49.9 Å². The fraction of sp³-hybridized carbons (Fsp3) is 0.455. The van der Waals surface area contributed by atoms with Gasteiger partial charge in [0.1, 0.15) is 12.1 Å². The zero-order chi connectivity index (χ0) is 26.0. The van der Waals surface area contributed by atoms with Crippen LogP contribution in [0.2, 0.25) is 0 Å². The molecule has 194 valence electrons. The second kappa shape index (κ2) is 10.2. The van der Waals surface area contributed by atoms with Crippen molar-refractivity contribution in [2.75, 3.05) is 5.32 Å². The number of aromatic nitrogens is 4. The number of rotatable bonds is 7. The van der Waals surface area contributed by atoms with E-state index in [1.807, 2.05) is 0 Å². The summed E-state index contributed by atoms with van der Waals surface area (Å²) < 4.78 is 69.9. The summed E-state index contributed by atoms with van der Waals surface area (Å²) in [6.07, 6.45) is -2.05. The normalized spacial score (nSPS) is 18.5. The Morgan fingerprint density at radius 3 is 2.44 bits per heavy atom. The molecule has 14 heteroatoms. The number of hydrogen-bond acceptors (Lipinski definition) is 6. The molecule has 0 saturated heterocycles. The second-order valence-electron chi connectivity index (χ2n) is 8.49. The number of nitrogens with one attached hydrogen (secondary N) is 2. The third kappa shape index (κ3) is 5.80. The van der Waals surface area contributed by atoms with Crippen molar-refractivity contribution < 1.29 is 31.5 Å². The van der Waals surface area contributed by atoms with Crippen LogP contribution in [-0.2, 0) is 29.3 Å². The number of nitrogens with zero attached hydrogens (tertiary/aromatic N) is 4. The molecule has 36 heavy (non-hydrogen) atoms. The van der Waals surface area contributed by atoms with E-state index in [1.165, 1.54) is 30.2 Å². The quantitative estimate of drug-likeness (QED) is 0.468. The van der Waals surface area contributed by atoms with Crippen molar-refractivity contribution in [3.8, 4) is 0 Å². The maximum Gasteiger partial charge on any atom is 0.416 e. The number of amides is 1. The summed E-state index contributed by atoms with van der Waals surface area (Å²) in [7, 11) is 1.51. The summed E-state index contributed by atoms with van der Waals surface area (Å²) in [5.74, 6) is -0.259. The number of carbonyl (C=O) groups excluding carboxylic acids is 1. The molecular formula is C22H23F5N6O3. The number of carbonyl (C=O) groups is 1. The maximum absolute atomic E-state index is 13.0. The molecular weight excluding hydrogens is 491 g/mol. The van der Waals surface area contributed by atoms with Crippen LogP contribution in [0.15, 0.2) is 35.4 Å². The van der Waals surface area contributed by atoms with Gasteiger partial charge in [-0.2, -0.15) is 27.1 Å². The van der Waals surface area contributed by atoms with Crippen molar-refractivity contribution in [3.05, 3.63) is 46.5 Å². The van der Waals surface area contributed by atoms with Gasteiger partial charge in [0, 0.05) is 18.8 Å². The number of benzene rings is 1. The minimum atomic E-state index is -4.46. The Bertz CT molecular complexity index is 1280. The van der Waals surface area contributed by atoms with E-state index in [0.717, 1.165) is 16.7 Å². The van der Waals surface area contributed by atoms with Crippen LogP contribution >= 0.6 is 0 Å². The minimum absolute atomic E-state index is 0.101. The first kappa shape index (κ1) is 25.5. The molecule has 1 aliphatic rings. The SMILES string of the molecule is Cn1nc(Nc2ccc(C(F)(F)F)cc2)c2ncn(CC(=O)NC3CCC(OC(F)F)CC3)c(=O)c21. The topological polar surface area (TPSA) is 103 Å². The van der Waals surface area contributed by atoms with Crippen LogP contribution < -0.4 is 16.2 Å². The highest BCUT2D eigenvalue weighted by Gasteiger charge is 2.30. The van der Waals surface area contributed by atoms with E-state index in [2.05, 4.69) is 25.5 Å². The number of anilines is 2. The minimum Gasteiger partial charge on any atom is -0.352 e. The first-order valence-corrected chi connectivity index (χ1v) is 11.1. The molecule has 2 aromatic heterocycles. The van der Waals surface area contributed by atoms with Gasteiger partial charge in [-0.3, -0.25) is 18.8 Å². The molecule has 0 unspecified atom stereocenters. The highest BCUT2D eigenvalue weighted by atomic mass is 19.4. The van der Waals surface area contributed by atoms with Crippen molar-refractivity contribution in [2.45, 2.75) is 57.2 Å². The van der Waals surface area contributed by atoms with Gasteiger partial charge in [0.2, 0.25) is 5.91 Å². The molecule has 4 rings (SSSR count). The van der Waals surface area contributed by atoms with E-state index >= 15 is 0 Å². The van der Waals surface area contributed by atoms with E-state index in [9.17, 15) is 31.5 Å². The van der Waals surface area contributed by atoms with Crippen LogP contribution in [0.1, 0.15) is 31.2 Å². The number of halogens is 5. The zero-order valence-corrected chi connectivity index (χ0v) is 19.1. The van der Waals surface area contributed by atoms with Crippen molar-refractivity contribution in [2.24, 2.45) is 7.05 Å². The van der Waals surface area contributed by atoms with Gasteiger partial charge in [-0.1, -0.05) is 0 Å². The molecule has 0 atom stereocenters. The van der Waals surface area contributed by atoms with Crippen LogP contribution in [-0.4, -0.2) is 44.0 Å². The van der Waals surface area contributed by atoms with Crippen molar-refractivity contribution in [1.82, 2.24) is 24.6 Å². The Balaban J connectivity index is 1.43. The van der Waals surface area contributed by atoms with E-state index in [4.69, 9.17) is 0 Å². The smallest absolute Gasteiger partial charge is 0.352 e. The van der Waals surface area contributed by atoms with Gasteiger partial charge in [0.15, 0.2) is 11.3 Å². The Hall–Kier alpha value is -3.55. The molecule has 1 amide bonds. The Morgan fingerprint density at radius 2 is 1.83 bits per heavy atom. The molecule has 0 radical (unpaired) electrons. The largest absolute Gasteiger partial charge is 0.416 e. The first-order valence-electron chi connectivity index (χ1n) is 11.1. The monoisotopic (exact) mass is 514 g/mol. The van der Waals surface area contributed by atoms with Crippen LogP contribution in [0.4, 0.5) is 33.5 Å². The standard InChI is InChI=1S/C22H23F5N6O3/c1-32-18-17(19(31-32)30-14-4-2-12(3-5-14)22(25,26)27)28-11-33(20(18)35)10-16(34)29-13-6-8-15(9-7-13)36-21(23)24/h2-5,11,13,15,21H,6-10H2,1H3,(H,29,34)(H,30,31). The van der Waals surface area contributed by atoms with Gasteiger partial charge in [0.05, 0.1) is 18.0 Å². The molecule has 1 fully saturated rings. The zero-order valence-electron chi connectivity index (χ0n) is 19.1. The molecule has 0 bridgehead atoms. The molecule has 0 spiro atoms. The third-order valence-corrected chi connectivity index (χ3v) is 5.94. The highest BCUT2D eigenvalue weighted by Crippen LogP contribution is 2.31. The van der Waals surface area contributed by atoms with Crippen molar-refractivity contribution in [3.63, 3.8) is 0 Å². The fourth-order valence-corrected chi connectivity index (χ4v) is 4.18. The lowest BCUT2D eigenvalue weighted by Gasteiger charge is -2.28. The average molecular weight is 514 g/mol. The van der Waals surface area contributed by atoms with Gasteiger partial charge in [-0.25, -0.2) is 4.98 Å². The second-order valence-corrected chi connectivity index (χ2v) is 8.49.